The van der Waals surface area contributed by atoms with Crippen molar-refractivity contribution in [2.45, 2.75) is 18.9 Å². The normalized spacial score (nSPS) is 15.0. The van der Waals surface area contributed by atoms with Crippen molar-refractivity contribution >= 4 is 45.2 Å². The van der Waals surface area contributed by atoms with Crippen LogP contribution in [0, 0.1) is 10.1 Å². The summed E-state index contributed by atoms with van der Waals surface area (Å²) in [5.41, 5.74) is 3.13. The first-order valence-corrected chi connectivity index (χ1v) is 15.2. The van der Waals surface area contributed by atoms with Crippen LogP contribution in [0.15, 0.2) is 60.8 Å². The number of alkyl halides is 2. The molecule has 0 radical (unpaired) electrons. The van der Waals surface area contributed by atoms with Gasteiger partial charge in [-0.1, -0.05) is 37.9 Å². The molecule has 36 heavy (non-hydrogen) atoms. The van der Waals surface area contributed by atoms with E-state index in [9.17, 15) is 14.7 Å². The summed E-state index contributed by atoms with van der Waals surface area (Å²) in [6, 6.07) is 16.0. The Balaban J connectivity index is 1.59. The lowest BCUT2D eigenvalue weighted by atomic mass is 10.1. The van der Waals surface area contributed by atoms with Crippen molar-refractivity contribution < 1.29 is 18.7 Å². The summed E-state index contributed by atoms with van der Waals surface area (Å²) >= 11 is 6.66. The fraction of sp³-hybridized carbons (Fsp3) is 0.292. The second-order valence-electron chi connectivity index (χ2n) is 8.00. The number of hydrogen-bond acceptors (Lipinski definition) is 6. The van der Waals surface area contributed by atoms with Gasteiger partial charge in [0.25, 0.3) is 0 Å². The zero-order chi connectivity index (χ0) is 25.5. The van der Waals surface area contributed by atoms with E-state index in [0.717, 1.165) is 22.4 Å². The Labute approximate surface area is 226 Å². The summed E-state index contributed by atoms with van der Waals surface area (Å²) in [6.45, 7) is 0.907. The average Bonchev–Trinajstić information content (AvgIpc) is 3.28. The molecule has 1 unspecified atom stereocenters. The highest BCUT2D eigenvalue weighted by Crippen LogP contribution is 2.49. The molecule has 4 rings (SSSR count). The van der Waals surface area contributed by atoms with Crippen molar-refractivity contribution in [1.82, 2.24) is 15.2 Å². The Morgan fingerprint density at radius 2 is 1.81 bits per heavy atom. The number of halogens is 2. The summed E-state index contributed by atoms with van der Waals surface area (Å²) < 4.78 is 25.4. The van der Waals surface area contributed by atoms with Crippen LogP contribution < -0.4 is 14.9 Å². The number of nitro benzene ring substituents is 1. The molecule has 3 aromatic rings. The second-order valence-corrected chi connectivity index (χ2v) is 11.5. The highest BCUT2D eigenvalue weighted by atomic mass is 79.9. The Morgan fingerprint density at radius 3 is 2.42 bits per heavy atom. The van der Waals surface area contributed by atoms with Gasteiger partial charge in [0.05, 0.1) is 16.7 Å². The first-order chi connectivity index (χ1) is 17.4. The summed E-state index contributed by atoms with van der Waals surface area (Å²) in [5.74, 6) is 0.563. The number of ether oxygens (including phenoxy) is 1. The number of aryl methyl sites for hydroxylation is 1. The molecule has 0 aliphatic heterocycles. The largest absolute Gasteiger partial charge is 0.450 e. The van der Waals surface area contributed by atoms with Gasteiger partial charge in [-0.25, -0.2) is 10.2 Å². The first-order valence-electron chi connectivity index (χ1n) is 11.3. The standard InChI is InChI=1S/C24H25Br2N4O5P/c25-10-13-28-36(33,29-14-11-26)35-23-9-6-18-15-22(30(31)32)24(16-20(18)23)34-19-7-4-17(5-8-19)21-3-1-2-12-27-21/h1-5,7-8,12,15-16,23H,6,9-11,13-14H2,(H2,28,29,33). The second kappa shape index (κ2) is 12.4. The highest BCUT2D eigenvalue weighted by molar-refractivity contribution is 9.09. The van der Waals surface area contributed by atoms with Gasteiger partial charge < -0.3 is 4.74 Å². The van der Waals surface area contributed by atoms with Crippen molar-refractivity contribution in [2.24, 2.45) is 0 Å². The Hall–Kier alpha value is -2.14. The van der Waals surface area contributed by atoms with Crippen LogP contribution in [0.5, 0.6) is 11.5 Å². The zero-order valence-electron chi connectivity index (χ0n) is 19.2. The number of fused-ring (bicyclic) bond motifs is 1. The number of rotatable bonds is 12. The maximum absolute atomic E-state index is 13.4. The quantitative estimate of drug-likeness (QED) is 0.0995. The molecule has 1 atom stereocenters. The van der Waals surface area contributed by atoms with E-state index in [1.165, 1.54) is 6.07 Å². The number of aromatic nitrogens is 1. The summed E-state index contributed by atoms with van der Waals surface area (Å²) in [7, 11) is -3.35. The van der Waals surface area contributed by atoms with Crippen molar-refractivity contribution in [2.75, 3.05) is 23.7 Å². The molecule has 9 nitrogen and oxygen atoms in total. The predicted molar refractivity (Wildman–Crippen MR) is 146 cm³/mol. The lowest BCUT2D eigenvalue weighted by molar-refractivity contribution is -0.385. The van der Waals surface area contributed by atoms with Crippen LogP contribution in [0.4, 0.5) is 5.69 Å². The monoisotopic (exact) mass is 638 g/mol. The van der Waals surface area contributed by atoms with E-state index in [2.05, 4.69) is 47.0 Å². The van der Waals surface area contributed by atoms with Gasteiger partial charge in [-0.05, 0) is 66.4 Å². The average molecular weight is 640 g/mol. The van der Waals surface area contributed by atoms with E-state index in [1.807, 2.05) is 30.3 Å². The Bertz CT molecular complexity index is 1240. The number of hydrogen-bond donors (Lipinski definition) is 2. The van der Waals surface area contributed by atoms with Gasteiger partial charge in [-0.15, -0.1) is 0 Å². The third-order valence-corrected chi connectivity index (χ3v) is 8.21. The van der Waals surface area contributed by atoms with Gasteiger partial charge in [0.1, 0.15) is 5.75 Å². The number of nitro groups is 1. The van der Waals surface area contributed by atoms with Crippen LogP contribution >= 0.6 is 39.5 Å². The minimum Gasteiger partial charge on any atom is -0.450 e. The molecule has 2 N–H and O–H groups in total. The molecule has 2 aromatic carbocycles. The molecule has 1 aliphatic carbocycles. The molecule has 0 fully saturated rings. The van der Waals surface area contributed by atoms with E-state index >= 15 is 0 Å². The number of pyridine rings is 1. The number of benzene rings is 2. The van der Waals surface area contributed by atoms with Gasteiger partial charge in [0.15, 0.2) is 0 Å². The van der Waals surface area contributed by atoms with Gasteiger partial charge in [0.2, 0.25) is 5.75 Å². The smallest absolute Gasteiger partial charge is 0.341 e. The van der Waals surface area contributed by atoms with Gasteiger partial charge in [-0.2, -0.15) is 0 Å². The van der Waals surface area contributed by atoms with Gasteiger partial charge >= 0.3 is 13.4 Å². The van der Waals surface area contributed by atoms with E-state index in [1.54, 1.807) is 24.4 Å². The molecule has 0 amide bonds. The lowest BCUT2D eigenvalue weighted by Crippen LogP contribution is -2.27. The number of nitrogens with one attached hydrogen (secondary N) is 2. The maximum Gasteiger partial charge on any atom is 0.341 e. The fourth-order valence-electron chi connectivity index (χ4n) is 3.96. The van der Waals surface area contributed by atoms with Crippen molar-refractivity contribution in [1.29, 1.82) is 0 Å². The third-order valence-electron chi connectivity index (χ3n) is 5.59. The van der Waals surface area contributed by atoms with Crippen LogP contribution in [0.1, 0.15) is 23.7 Å². The summed E-state index contributed by atoms with van der Waals surface area (Å²) in [5, 5.41) is 18.9. The molecule has 0 saturated carbocycles. The minimum atomic E-state index is -3.35. The van der Waals surface area contributed by atoms with Crippen LogP contribution in [0.3, 0.4) is 0 Å². The minimum absolute atomic E-state index is 0.108. The highest BCUT2D eigenvalue weighted by Gasteiger charge is 2.34. The van der Waals surface area contributed by atoms with E-state index in [4.69, 9.17) is 9.26 Å². The molecule has 1 aromatic heterocycles. The molecule has 190 valence electrons. The van der Waals surface area contributed by atoms with Crippen molar-refractivity contribution in [3.63, 3.8) is 0 Å². The lowest BCUT2D eigenvalue weighted by Gasteiger charge is -2.24. The molecular weight excluding hydrogens is 615 g/mol. The molecule has 1 aliphatic rings. The molecular formula is C24H25Br2N4O5P. The molecule has 0 saturated heterocycles. The molecule has 12 heteroatoms. The topological polar surface area (TPSA) is 116 Å². The molecule has 0 spiro atoms. The van der Waals surface area contributed by atoms with E-state index in [-0.39, 0.29) is 11.4 Å². The SMILES string of the molecule is O=[N+]([O-])c1cc2c(cc1Oc1ccc(-c3ccccn3)cc1)C(OP(=O)(NCCBr)NCCBr)CC2. The van der Waals surface area contributed by atoms with Gasteiger partial charge in [-0.3, -0.25) is 24.2 Å². The fourth-order valence-corrected chi connectivity index (χ4v) is 6.62. The molecule has 0 bridgehead atoms. The number of nitrogens with zero attached hydrogens (tertiary/aromatic N) is 2. The van der Waals surface area contributed by atoms with Crippen LogP contribution in [0.25, 0.3) is 11.3 Å². The van der Waals surface area contributed by atoms with Crippen molar-refractivity contribution in [3.8, 4) is 22.8 Å². The Morgan fingerprint density at radius 1 is 1.08 bits per heavy atom. The third kappa shape index (κ3) is 6.59. The molecule has 1 heterocycles. The van der Waals surface area contributed by atoms with Crippen LogP contribution in [-0.4, -0.2) is 33.7 Å². The van der Waals surface area contributed by atoms with Crippen LogP contribution in [-0.2, 0) is 15.5 Å². The van der Waals surface area contributed by atoms with Crippen molar-refractivity contribution in [3.05, 3.63) is 82.0 Å². The van der Waals surface area contributed by atoms with Gasteiger partial charge in [0, 0.05) is 41.6 Å². The summed E-state index contributed by atoms with van der Waals surface area (Å²) in [4.78, 5) is 15.7. The first kappa shape index (κ1) is 26.9. The Kier molecular flexibility index (Phi) is 9.27. The van der Waals surface area contributed by atoms with Crippen LogP contribution in [0.2, 0.25) is 0 Å². The van der Waals surface area contributed by atoms with E-state index in [0.29, 0.717) is 42.3 Å². The summed E-state index contributed by atoms with van der Waals surface area (Å²) in [6.07, 6.45) is 2.36. The van der Waals surface area contributed by atoms with E-state index < -0.39 is 18.7 Å². The zero-order valence-corrected chi connectivity index (χ0v) is 23.3. The maximum atomic E-state index is 13.4. The predicted octanol–water partition coefficient (Wildman–Crippen LogP) is 6.53.